The van der Waals surface area contributed by atoms with Gasteiger partial charge in [0.1, 0.15) is 17.1 Å². The van der Waals surface area contributed by atoms with E-state index in [-0.39, 0.29) is 5.97 Å². The lowest BCUT2D eigenvalue weighted by Gasteiger charge is -2.07. The first-order valence-corrected chi connectivity index (χ1v) is 8.07. The summed E-state index contributed by atoms with van der Waals surface area (Å²) in [6, 6.07) is 25.6. The first-order valence-electron chi connectivity index (χ1n) is 8.07. The van der Waals surface area contributed by atoms with Crippen molar-refractivity contribution in [1.29, 1.82) is 0 Å². The fourth-order valence-electron chi connectivity index (χ4n) is 2.94. The lowest BCUT2D eigenvalue weighted by molar-refractivity contribution is -0.131. The van der Waals surface area contributed by atoms with Crippen LogP contribution in [0.1, 0.15) is 6.92 Å². The molecule has 0 aliphatic rings. The van der Waals surface area contributed by atoms with Crippen LogP contribution in [0.25, 0.3) is 33.4 Å². The minimum Gasteiger partial charge on any atom is -0.456 e. The molecule has 25 heavy (non-hydrogen) atoms. The topological polar surface area (TPSA) is 39.4 Å². The van der Waals surface area contributed by atoms with Gasteiger partial charge >= 0.3 is 5.97 Å². The Bertz CT molecular complexity index is 1030. The van der Waals surface area contributed by atoms with E-state index in [0.717, 1.165) is 27.8 Å². The molecule has 0 amide bonds. The van der Waals surface area contributed by atoms with Crippen LogP contribution in [0.4, 0.5) is 0 Å². The first kappa shape index (κ1) is 15.2. The smallest absolute Gasteiger partial charge is 0.308 e. The number of fused-ring (bicyclic) bond motifs is 1. The van der Waals surface area contributed by atoms with Crippen molar-refractivity contribution in [2.75, 3.05) is 0 Å². The minimum atomic E-state index is -0.354. The molecule has 3 aromatic carbocycles. The lowest BCUT2D eigenvalue weighted by atomic mass is 10.0. The molecule has 0 unspecified atom stereocenters. The van der Waals surface area contributed by atoms with Crippen LogP contribution < -0.4 is 4.74 Å². The van der Waals surface area contributed by atoms with Crippen LogP contribution >= 0.6 is 0 Å². The summed E-state index contributed by atoms with van der Waals surface area (Å²) in [6.07, 6.45) is 0. The molecule has 0 bridgehead atoms. The van der Waals surface area contributed by atoms with Gasteiger partial charge in [-0.15, -0.1) is 0 Å². The normalized spacial score (nSPS) is 10.8. The SMILES string of the molecule is CC(=O)Oc1cc(-c2ccccc2)c2cc(-c3ccccc3)oc2c1. The lowest BCUT2D eigenvalue weighted by Crippen LogP contribution is -2.01. The Balaban J connectivity index is 1.94. The van der Waals surface area contributed by atoms with Gasteiger partial charge < -0.3 is 9.15 Å². The quantitative estimate of drug-likeness (QED) is 0.358. The molecule has 4 aromatic rings. The Hall–Kier alpha value is -3.33. The van der Waals surface area contributed by atoms with E-state index in [1.165, 1.54) is 6.92 Å². The number of hydrogen-bond acceptors (Lipinski definition) is 3. The highest BCUT2D eigenvalue weighted by Crippen LogP contribution is 2.37. The Morgan fingerprint density at radius 1 is 0.840 bits per heavy atom. The average Bonchev–Trinajstić information content (AvgIpc) is 3.06. The summed E-state index contributed by atoms with van der Waals surface area (Å²) in [7, 11) is 0. The maximum Gasteiger partial charge on any atom is 0.308 e. The molecule has 3 nitrogen and oxygen atoms in total. The molecule has 0 radical (unpaired) electrons. The van der Waals surface area contributed by atoms with E-state index in [1.807, 2.05) is 72.8 Å². The number of carbonyl (C=O) groups excluding carboxylic acids is 1. The Labute approximate surface area is 145 Å². The molecule has 122 valence electrons. The molecule has 4 rings (SSSR count). The third-order valence-electron chi connectivity index (χ3n) is 4.02. The average molecular weight is 328 g/mol. The standard InChI is InChI=1S/C22H16O3/c1-15(23)24-18-12-19(16-8-4-2-5-9-16)20-14-21(25-22(20)13-18)17-10-6-3-7-11-17/h2-14H,1H3. The number of furan rings is 1. The van der Waals surface area contributed by atoms with Crippen molar-refractivity contribution >= 4 is 16.9 Å². The van der Waals surface area contributed by atoms with Gasteiger partial charge in [-0.25, -0.2) is 0 Å². The van der Waals surface area contributed by atoms with Crippen LogP contribution in [-0.2, 0) is 4.79 Å². The van der Waals surface area contributed by atoms with E-state index in [1.54, 1.807) is 6.07 Å². The summed E-state index contributed by atoms with van der Waals surface area (Å²) in [5.41, 5.74) is 3.71. The van der Waals surface area contributed by atoms with Crippen LogP contribution in [0.3, 0.4) is 0 Å². The Morgan fingerprint density at radius 2 is 1.48 bits per heavy atom. The summed E-state index contributed by atoms with van der Waals surface area (Å²) in [6.45, 7) is 1.39. The van der Waals surface area contributed by atoms with Crippen molar-refractivity contribution in [1.82, 2.24) is 0 Å². The molecule has 0 atom stereocenters. The molecular formula is C22H16O3. The molecule has 1 heterocycles. The number of carbonyl (C=O) groups is 1. The van der Waals surface area contributed by atoms with Gasteiger partial charge in [0.25, 0.3) is 0 Å². The Kier molecular flexibility index (Phi) is 3.82. The fraction of sp³-hybridized carbons (Fsp3) is 0.0455. The second-order valence-corrected chi connectivity index (χ2v) is 5.82. The van der Waals surface area contributed by atoms with E-state index >= 15 is 0 Å². The predicted molar refractivity (Wildman–Crippen MR) is 98.4 cm³/mol. The summed E-state index contributed by atoms with van der Waals surface area (Å²) in [5.74, 6) is 0.911. The zero-order valence-corrected chi connectivity index (χ0v) is 13.7. The molecule has 0 aliphatic carbocycles. The van der Waals surface area contributed by atoms with Crippen LogP contribution in [0.2, 0.25) is 0 Å². The third kappa shape index (κ3) is 3.04. The van der Waals surface area contributed by atoms with Gasteiger partial charge in [0, 0.05) is 23.9 Å². The molecule has 3 heteroatoms. The summed E-state index contributed by atoms with van der Waals surface area (Å²) in [5, 5.41) is 0.987. The van der Waals surface area contributed by atoms with Crippen molar-refractivity contribution in [3.05, 3.63) is 78.9 Å². The van der Waals surface area contributed by atoms with Gasteiger partial charge in [-0.05, 0) is 23.3 Å². The minimum absolute atomic E-state index is 0.354. The second-order valence-electron chi connectivity index (χ2n) is 5.82. The number of esters is 1. The molecule has 0 saturated heterocycles. The Morgan fingerprint density at radius 3 is 2.12 bits per heavy atom. The van der Waals surface area contributed by atoms with Crippen molar-refractivity contribution in [3.8, 4) is 28.2 Å². The van der Waals surface area contributed by atoms with Crippen LogP contribution in [-0.4, -0.2) is 5.97 Å². The van der Waals surface area contributed by atoms with Gasteiger partial charge in [0.15, 0.2) is 0 Å². The molecule has 0 spiro atoms. The van der Waals surface area contributed by atoms with Crippen molar-refractivity contribution in [2.24, 2.45) is 0 Å². The molecule has 0 fully saturated rings. The summed E-state index contributed by atoms with van der Waals surface area (Å²) in [4.78, 5) is 11.4. The fourth-order valence-corrected chi connectivity index (χ4v) is 2.94. The largest absolute Gasteiger partial charge is 0.456 e. The molecular weight excluding hydrogens is 312 g/mol. The zero-order valence-electron chi connectivity index (χ0n) is 13.7. The van der Waals surface area contributed by atoms with Gasteiger partial charge in [-0.1, -0.05) is 60.7 Å². The summed E-state index contributed by atoms with van der Waals surface area (Å²) < 4.78 is 11.3. The third-order valence-corrected chi connectivity index (χ3v) is 4.02. The van der Waals surface area contributed by atoms with E-state index in [4.69, 9.17) is 9.15 Å². The second kappa shape index (κ2) is 6.29. The van der Waals surface area contributed by atoms with Gasteiger partial charge in [0.05, 0.1) is 0 Å². The van der Waals surface area contributed by atoms with E-state index < -0.39 is 0 Å². The molecule has 1 aromatic heterocycles. The van der Waals surface area contributed by atoms with Crippen molar-refractivity contribution < 1.29 is 13.9 Å². The molecule has 0 saturated carbocycles. The van der Waals surface area contributed by atoms with Crippen LogP contribution in [0, 0.1) is 0 Å². The van der Waals surface area contributed by atoms with E-state index in [0.29, 0.717) is 11.3 Å². The highest BCUT2D eigenvalue weighted by atomic mass is 16.5. The van der Waals surface area contributed by atoms with Gasteiger partial charge in [-0.3, -0.25) is 4.79 Å². The monoisotopic (exact) mass is 328 g/mol. The first-order chi connectivity index (χ1) is 12.2. The van der Waals surface area contributed by atoms with Crippen LogP contribution in [0.5, 0.6) is 5.75 Å². The van der Waals surface area contributed by atoms with Gasteiger partial charge in [0.2, 0.25) is 0 Å². The summed E-state index contributed by atoms with van der Waals surface area (Å²) >= 11 is 0. The number of benzene rings is 3. The molecule has 0 N–H and O–H groups in total. The van der Waals surface area contributed by atoms with Crippen molar-refractivity contribution in [2.45, 2.75) is 6.92 Å². The highest BCUT2D eigenvalue weighted by Gasteiger charge is 2.14. The number of ether oxygens (including phenoxy) is 1. The maximum absolute atomic E-state index is 11.4. The number of rotatable bonds is 3. The van der Waals surface area contributed by atoms with E-state index in [9.17, 15) is 4.79 Å². The van der Waals surface area contributed by atoms with E-state index in [2.05, 4.69) is 0 Å². The van der Waals surface area contributed by atoms with Crippen LogP contribution in [0.15, 0.2) is 83.3 Å². The predicted octanol–water partition coefficient (Wildman–Crippen LogP) is 5.69. The van der Waals surface area contributed by atoms with Crippen molar-refractivity contribution in [3.63, 3.8) is 0 Å². The zero-order chi connectivity index (χ0) is 17.2. The molecule has 0 aliphatic heterocycles. The van der Waals surface area contributed by atoms with Gasteiger partial charge in [-0.2, -0.15) is 0 Å². The highest BCUT2D eigenvalue weighted by molar-refractivity contribution is 5.98. The maximum atomic E-state index is 11.4. The number of hydrogen-bond donors (Lipinski definition) is 0.